The maximum Gasteiger partial charge on any atom is 0.409 e. The van der Waals surface area contributed by atoms with Gasteiger partial charge in [0.25, 0.3) is 0 Å². The molecule has 0 aromatic carbocycles. The van der Waals surface area contributed by atoms with Gasteiger partial charge in [-0.15, -0.1) is 0 Å². The van der Waals surface area contributed by atoms with Crippen molar-refractivity contribution in [3.05, 3.63) is 0 Å². The molecule has 1 saturated heterocycles. The number of ether oxygens (including phenoxy) is 1. The van der Waals surface area contributed by atoms with Gasteiger partial charge in [0.15, 0.2) is 0 Å². The molecule has 15 heavy (non-hydrogen) atoms. The van der Waals surface area contributed by atoms with Crippen LogP contribution in [0.15, 0.2) is 0 Å². The number of carbonyl (C=O) groups is 1. The molecule has 2 unspecified atom stereocenters. The highest BCUT2D eigenvalue weighted by Gasteiger charge is 2.28. The van der Waals surface area contributed by atoms with Gasteiger partial charge >= 0.3 is 6.09 Å². The highest BCUT2D eigenvalue weighted by atomic mass is 16.6. The van der Waals surface area contributed by atoms with Crippen LogP contribution in [-0.4, -0.2) is 47.9 Å². The zero-order valence-electron chi connectivity index (χ0n) is 9.19. The van der Waals surface area contributed by atoms with Gasteiger partial charge < -0.3 is 20.5 Å². The fraction of sp³-hybridized carbons (Fsp3) is 0.900. The molecule has 1 aliphatic rings. The van der Waals surface area contributed by atoms with Crippen LogP contribution in [0.3, 0.4) is 0 Å². The number of piperidine rings is 1. The topological polar surface area (TPSA) is 75.8 Å². The Hall–Kier alpha value is -0.810. The van der Waals surface area contributed by atoms with E-state index in [1.807, 2.05) is 6.92 Å². The van der Waals surface area contributed by atoms with Crippen molar-refractivity contribution in [2.24, 2.45) is 5.73 Å². The summed E-state index contributed by atoms with van der Waals surface area (Å²) in [6.45, 7) is 3.41. The molecule has 1 fully saturated rings. The first-order chi connectivity index (χ1) is 7.15. The Morgan fingerprint density at radius 3 is 3.00 bits per heavy atom. The maximum atomic E-state index is 11.5. The number of nitrogens with two attached hydrogens (primary N) is 1. The lowest BCUT2D eigenvalue weighted by atomic mass is 10.0. The quantitative estimate of drug-likeness (QED) is 0.666. The van der Waals surface area contributed by atoms with E-state index in [1.165, 1.54) is 0 Å². The number of likely N-dealkylation sites (tertiary alicyclic amines) is 1. The number of hydrogen-bond donors (Lipinski definition) is 2. The van der Waals surface area contributed by atoms with Gasteiger partial charge in [-0.25, -0.2) is 4.79 Å². The van der Waals surface area contributed by atoms with Crippen LogP contribution >= 0.6 is 0 Å². The third-order valence-electron chi connectivity index (χ3n) is 2.60. The number of aliphatic hydroxyl groups excluding tert-OH is 1. The van der Waals surface area contributed by atoms with Crippen molar-refractivity contribution in [2.45, 2.75) is 38.3 Å². The Balaban J connectivity index is 2.28. The number of rotatable bonds is 3. The molecular weight excluding hydrogens is 196 g/mol. The molecule has 3 N–H and O–H groups in total. The Kier molecular flexibility index (Phi) is 4.84. The fourth-order valence-corrected chi connectivity index (χ4v) is 1.53. The highest BCUT2D eigenvalue weighted by Crippen LogP contribution is 2.10. The van der Waals surface area contributed by atoms with E-state index in [-0.39, 0.29) is 12.1 Å². The van der Waals surface area contributed by atoms with Crippen molar-refractivity contribution in [1.29, 1.82) is 0 Å². The van der Waals surface area contributed by atoms with Crippen molar-refractivity contribution in [2.75, 3.05) is 19.7 Å². The van der Waals surface area contributed by atoms with Gasteiger partial charge in [0.05, 0.1) is 12.7 Å². The van der Waals surface area contributed by atoms with Crippen LogP contribution < -0.4 is 5.73 Å². The molecule has 88 valence electrons. The van der Waals surface area contributed by atoms with Crippen molar-refractivity contribution < 1.29 is 14.6 Å². The van der Waals surface area contributed by atoms with Crippen LogP contribution in [0.2, 0.25) is 0 Å². The second-order valence-corrected chi connectivity index (χ2v) is 3.93. The molecule has 1 heterocycles. The minimum atomic E-state index is -0.496. The summed E-state index contributed by atoms with van der Waals surface area (Å²) in [7, 11) is 0. The third-order valence-corrected chi connectivity index (χ3v) is 2.60. The van der Waals surface area contributed by atoms with Crippen LogP contribution in [0.5, 0.6) is 0 Å². The summed E-state index contributed by atoms with van der Waals surface area (Å²) in [4.78, 5) is 13.1. The fourth-order valence-electron chi connectivity index (χ4n) is 1.53. The van der Waals surface area contributed by atoms with Crippen LogP contribution in [0.4, 0.5) is 4.79 Å². The Morgan fingerprint density at radius 2 is 2.40 bits per heavy atom. The second kappa shape index (κ2) is 5.92. The molecule has 0 bridgehead atoms. The van der Waals surface area contributed by atoms with Crippen molar-refractivity contribution >= 4 is 6.09 Å². The minimum Gasteiger partial charge on any atom is -0.449 e. The summed E-state index contributed by atoms with van der Waals surface area (Å²) in [5, 5.41) is 9.39. The van der Waals surface area contributed by atoms with Crippen LogP contribution in [0, 0.1) is 0 Å². The standard InChI is InChI=1S/C10H20N2O3/c1-2-3-6-15-10(14)12-5-4-9(13)8(11)7-12/h8-9,13H,2-7,11H2,1H3. The molecule has 5 heteroatoms. The van der Waals surface area contributed by atoms with Crippen LogP contribution in [0.1, 0.15) is 26.2 Å². The highest BCUT2D eigenvalue weighted by molar-refractivity contribution is 5.67. The molecule has 0 aromatic rings. The van der Waals surface area contributed by atoms with Gasteiger partial charge in [0.1, 0.15) is 0 Å². The van der Waals surface area contributed by atoms with Gasteiger partial charge in [0.2, 0.25) is 0 Å². The first kappa shape index (κ1) is 12.3. The Bertz CT molecular complexity index is 211. The molecule has 0 spiro atoms. The smallest absolute Gasteiger partial charge is 0.409 e. The van der Waals surface area contributed by atoms with Gasteiger partial charge in [-0.2, -0.15) is 0 Å². The first-order valence-electron chi connectivity index (χ1n) is 5.50. The van der Waals surface area contributed by atoms with E-state index in [9.17, 15) is 9.90 Å². The lowest BCUT2D eigenvalue weighted by Crippen LogP contribution is -2.53. The lowest BCUT2D eigenvalue weighted by Gasteiger charge is -2.33. The lowest BCUT2D eigenvalue weighted by molar-refractivity contribution is 0.0463. The maximum absolute atomic E-state index is 11.5. The number of hydrogen-bond acceptors (Lipinski definition) is 4. The van der Waals surface area contributed by atoms with E-state index in [2.05, 4.69) is 0 Å². The normalized spacial score (nSPS) is 26.5. The third kappa shape index (κ3) is 3.68. The summed E-state index contributed by atoms with van der Waals surface area (Å²) in [5.41, 5.74) is 5.66. The van der Waals surface area contributed by atoms with Crippen molar-refractivity contribution in [1.82, 2.24) is 4.90 Å². The monoisotopic (exact) mass is 216 g/mol. The van der Waals surface area contributed by atoms with Crippen LogP contribution in [-0.2, 0) is 4.74 Å². The number of nitrogens with zero attached hydrogens (tertiary/aromatic N) is 1. The largest absolute Gasteiger partial charge is 0.449 e. The van der Waals surface area contributed by atoms with Crippen molar-refractivity contribution in [3.63, 3.8) is 0 Å². The molecule has 1 aliphatic heterocycles. The molecule has 0 aliphatic carbocycles. The van der Waals surface area contributed by atoms with E-state index in [0.29, 0.717) is 26.1 Å². The first-order valence-corrected chi connectivity index (χ1v) is 5.50. The van der Waals surface area contributed by atoms with E-state index >= 15 is 0 Å². The average Bonchev–Trinajstić information content (AvgIpc) is 2.22. The summed E-state index contributed by atoms with van der Waals surface area (Å²) < 4.78 is 5.06. The number of carbonyl (C=O) groups excluding carboxylic acids is 1. The van der Waals surface area contributed by atoms with Gasteiger partial charge in [-0.3, -0.25) is 0 Å². The predicted octanol–water partition coefficient (Wildman–Crippen LogP) is 0.317. The molecule has 0 radical (unpaired) electrons. The Labute approximate surface area is 90.2 Å². The van der Waals surface area contributed by atoms with E-state index in [1.54, 1.807) is 4.90 Å². The van der Waals surface area contributed by atoms with Crippen molar-refractivity contribution in [3.8, 4) is 0 Å². The molecular formula is C10H20N2O3. The molecule has 1 amide bonds. The number of amides is 1. The molecule has 0 saturated carbocycles. The number of aliphatic hydroxyl groups is 1. The van der Waals surface area contributed by atoms with Crippen LogP contribution in [0.25, 0.3) is 0 Å². The predicted molar refractivity (Wildman–Crippen MR) is 56.4 cm³/mol. The summed E-state index contributed by atoms with van der Waals surface area (Å²) >= 11 is 0. The molecule has 1 rings (SSSR count). The van der Waals surface area contributed by atoms with E-state index in [4.69, 9.17) is 10.5 Å². The summed E-state index contributed by atoms with van der Waals surface area (Å²) in [5.74, 6) is 0. The van der Waals surface area contributed by atoms with Gasteiger partial charge in [0, 0.05) is 19.1 Å². The zero-order valence-corrected chi connectivity index (χ0v) is 9.19. The minimum absolute atomic E-state index is 0.314. The zero-order chi connectivity index (χ0) is 11.3. The molecule has 2 atom stereocenters. The van der Waals surface area contributed by atoms with Gasteiger partial charge in [-0.1, -0.05) is 13.3 Å². The SMILES string of the molecule is CCCCOC(=O)N1CCC(O)C(N)C1. The average molecular weight is 216 g/mol. The summed E-state index contributed by atoms with van der Waals surface area (Å²) in [6.07, 6.45) is 1.61. The molecule has 0 aromatic heterocycles. The summed E-state index contributed by atoms with van der Waals surface area (Å²) in [6, 6.07) is -0.350. The molecule has 5 nitrogen and oxygen atoms in total. The Morgan fingerprint density at radius 1 is 1.67 bits per heavy atom. The van der Waals surface area contributed by atoms with E-state index in [0.717, 1.165) is 12.8 Å². The number of unbranched alkanes of at least 4 members (excludes halogenated alkanes) is 1. The van der Waals surface area contributed by atoms with E-state index < -0.39 is 6.10 Å². The van der Waals surface area contributed by atoms with Gasteiger partial charge in [-0.05, 0) is 12.8 Å². The second-order valence-electron chi connectivity index (χ2n) is 3.93.